The number of rotatable bonds is 7. The van der Waals surface area contributed by atoms with E-state index in [0.29, 0.717) is 0 Å². The van der Waals surface area contributed by atoms with E-state index in [2.05, 4.69) is 85.9 Å². The van der Waals surface area contributed by atoms with Crippen molar-refractivity contribution in [3.8, 4) is 0 Å². The van der Waals surface area contributed by atoms with Crippen molar-refractivity contribution in [2.75, 3.05) is 10.7 Å². The van der Waals surface area contributed by atoms with Gasteiger partial charge in [0.2, 0.25) is 0 Å². The molecule has 3 heteroatoms. The summed E-state index contributed by atoms with van der Waals surface area (Å²) in [6.07, 6.45) is 3.78. The number of hydrogen-bond acceptors (Lipinski definition) is 0. The first-order chi connectivity index (χ1) is 8.55. The van der Waals surface area contributed by atoms with E-state index < -0.39 is 0 Å². The number of benzene rings is 1. The van der Waals surface area contributed by atoms with Crippen LogP contribution in [-0.4, -0.2) is 10.7 Å². The third kappa shape index (κ3) is 4.35. The monoisotopic (exact) mass is 438 g/mol. The summed E-state index contributed by atoms with van der Waals surface area (Å²) in [5.41, 5.74) is 1.59. The molecule has 0 aromatic heterocycles. The number of hydrogen-bond donors (Lipinski definition) is 0. The van der Waals surface area contributed by atoms with Crippen LogP contribution in [0.15, 0.2) is 28.7 Å². The summed E-state index contributed by atoms with van der Waals surface area (Å²) >= 11 is 11.1. The van der Waals surface area contributed by atoms with Gasteiger partial charge in [-0.2, -0.15) is 0 Å². The highest BCUT2D eigenvalue weighted by Gasteiger charge is 2.31. The molecule has 0 aliphatic heterocycles. The van der Waals surface area contributed by atoms with Crippen molar-refractivity contribution in [3.63, 3.8) is 0 Å². The molecular formula is C15H21Br3. The van der Waals surface area contributed by atoms with Crippen LogP contribution in [0.1, 0.15) is 38.7 Å². The molecule has 0 N–H and O–H groups in total. The van der Waals surface area contributed by atoms with Gasteiger partial charge in [-0.05, 0) is 24.0 Å². The average Bonchev–Trinajstić information content (AvgIpc) is 2.36. The van der Waals surface area contributed by atoms with E-state index in [4.69, 9.17) is 0 Å². The molecule has 18 heavy (non-hydrogen) atoms. The quantitative estimate of drug-likeness (QED) is 0.436. The van der Waals surface area contributed by atoms with Gasteiger partial charge in [-0.15, -0.1) is 0 Å². The molecule has 0 nitrogen and oxygen atoms in total. The van der Waals surface area contributed by atoms with E-state index in [1.807, 2.05) is 0 Å². The highest BCUT2D eigenvalue weighted by molar-refractivity contribution is 9.10. The Balaban J connectivity index is 2.89. The predicted octanol–water partition coefficient (Wildman–Crippen LogP) is 6.30. The number of alkyl halides is 2. The Morgan fingerprint density at radius 1 is 1.11 bits per heavy atom. The third-order valence-corrected chi connectivity index (χ3v) is 6.23. The molecule has 0 heterocycles. The second-order valence-corrected chi connectivity index (χ2v) is 7.29. The second-order valence-electron chi connectivity index (χ2n) is 5.31. The molecule has 0 aliphatic carbocycles. The zero-order chi connectivity index (χ0) is 13.6. The first kappa shape index (κ1) is 16.7. The van der Waals surface area contributed by atoms with Crippen molar-refractivity contribution >= 4 is 47.8 Å². The molecule has 0 bridgehead atoms. The zero-order valence-corrected chi connectivity index (χ0v) is 15.8. The van der Waals surface area contributed by atoms with E-state index in [-0.39, 0.29) is 5.41 Å². The third-order valence-electron chi connectivity index (χ3n) is 3.39. The first-order valence-electron chi connectivity index (χ1n) is 6.42. The minimum Gasteiger partial charge on any atom is -0.0918 e. The molecular weight excluding hydrogens is 420 g/mol. The maximum absolute atomic E-state index is 3.72. The molecule has 102 valence electrons. The highest BCUT2D eigenvalue weighted by atomic mass is 79.9. The van der Waals surface area contributed by atoms with Crippen molar-refractivity contribution in [1.29, 1.82) is 0 Å². The molecule has 0 saturated heterocycles. The van der Waals surface area contributed by atoms with Crippen LogP contribution in [0, 0.1) is 5.92 Å². The normalized spacial score (nSPS) is 12.1. The van der Waals surface area contributed by atoms with Gasteiger partial charge in [-0.3, -0.25) is 0 Å². The van der Waals surface area contributed by atoms with Crippen LogP contribution < -0.4 is 0 Å². The van der Waals surface area contributed by atoms with Crippen LogP contribution in [0.4, 0.5) is 0 Å². The molecule has 0 spiro atoms. The molecule has 0 fully saturated rings. The Morgan fingerprint density at radius 3 is 2.22 bits per heavy atom. The van der Waals surface area contributed by atoms with Crippen molar-refractivity contribution in [3.05, 3.63) is 34.3 Å². The van der Waals surface area contributed by atoms with Crippen molar-refractivity contribution in [1.82, 2.24) is 0 Å². The smallest absolute Gasteiger partial charge is 0.0213 e. The molecule has 1 aromatic carbocycles. The fourth-order valence-electron chi connectivity index (χ4n) is 2.19. The molecule has 0 atom stereocenters. The van der Waals surface area contributed by atoms with Gasteiger partial charge in [0.1, 0.15) is 0 Å². The summed E-state index contributed by atoms with van der Waals surface area (Å²) in [5, 5.41) is 1.98. The Bertz CT molecular complexity index is 357. The standard InChI is InChI=1S/C15H21Br3/c1-12(2)6-5-9-15(10-16,11-17)13-7-3-4-8-14(13)18/h3-4,7-8,12H,5-6,9-11H2,1-2H3. The summed E-state index contributed by atoms with van der Waals surface area (Å²) in [6.45, 7) is 4.59. The zero-order valence-electron chi connectivity index (χ0n) is 11.1. The fourth-order valence-corrected chi connectivity index (χ4v) is 4.99. The maximum Gasteiger partial charge on any atom is 0.0213 e. The van der Waals surface area contributed by atoms with Crippen LogP contribution in [0.25, 0.3) is 0 Å². The van der Waals surface area contributed by atoms with Gasteiger partial charge < -0.3 is 0 Å². The minimum absolute atomic E-state index is 0.189. The van der Waals surface area contributed by atoms with Crippen LogP contribution in [0.3, 0.4) is 0 Å². The molecule has 0 amide bonds. The Morgan fingerprint density at radius 2 is 1.72 bits per heavy atom. The lowest BCUT2D eigenvalue weighted by atomic mass is 9.79. The molecule has 0 radical (unpaired) electrons. The Kier molecular flexibility index (Phi) is 7.48. The van der Waals surface area contributed by atoms with E-state index in [9.17, 15) is 0 Å². The summed E-state index contributed by atoms with van der Waals surface area (Å²) < 4.78 is 1.22. The van der Waals surface area contributed by atoms with E-state index in [1.54, 1.807) is 0 Å². The maximum atomic E-state index is 3.72. The van der Waals surface area contributed by atoms with Crippen LogP contribution in [-0.2, 0) is 5.41 Å². The van der Waals surface area contributed by atoms with Gasteiger partial charge in [0.05, 0.1) is 0 Å². The lowest BCUT2D eigenvalue weighted by molar-refractivity contribution is 0.438. The summed E-state index contributed by atoms with van der Waals surface area (Å²) in [5.74, 6) is 0.785. The summed E-state index contributed by atoms with van der Waals surface area (Å²) in [7, 11) is 0. The van der Waals surface area contributed by atoms with Gasteiger partial charge in [0.25, 0.3) is 0 Å². The van der Waals surface area contributed by atoms with Crippen molar-refractivity contribution in [2.24, 2.45) is 5.92 Å². The van der Waals surface area contributed by atoms with Crippen LogP contribution in [0.2, 0.25) is 0 Å². The van der Waals surface area contributed by atoms with Gasteiger partial charge in [0, 0.05) is 20.5 Å². The average molecular weight is 441 g/mol. The lowest BCUT2D eigenvalue weighted by Gasteiger charge is -2.32. The fraction of sp³-hybridized carbons (Fsp3) is 0.600. The first-order valence-corrected chi connectivity index (χ1v) is 9.46. The van der Waals surface area contributed by atoms with Gasteiger partial charge in [-0.25, -0.2) is 0 Å². The van der Waals surface area contributed by atoms with Gasteiger partial charge in [0.15, 0.2) is 0 Å². The minimum atomic E-state index is 0.189. The summed E-state index contributed by atoms with van der Waals surface area (Å²) in [4.78, 5) is 0. The van der Waals surface area contributed by atoms with E-state index >= 15 is 0 Å². The lowest BCUT2D eigenvalue weighted by Crippen LogP contribution is -2.30. The SMILES string of the molecule is CC(C)CCCC(CBr)(CBr)c1ccccc1Br. The summed E-state index contributed by atoms with van der Waals surface area (Å²) in [6, 6.07) is 8.58. The second kappa shape index (κ2) is 8.06. The van der Waals surface area contributed by atoms with E-state index in [0.717, 1.165) is 16.6 Å². The molecule has 1 rings (SSSR count). The largest absolute Gasteiger partial charge is 0.0918 e. The van der Waals surface area contributed by atoms with Crippen LogP contribution >= 0.6 is 47.8 Å². The molecule has 1 aromatic rings. The highest BCUT2D eigenvalue weighted by Crippen LogP contribution is 2.38. The topological polar surface area (TPSA) is 0 Å². The van der Waals surface area contributed by atoms with Crippen LogP contribution in [0.5, 0.6) is 0 Å². The Labute approximate surface area is 136 Å². The number of halogens is 3. The van der Waals surface area contributed by atoms with Crippen molar-refractivity contribution < 1.29 is 0 Å². The molecule has 0 aliphatic rings. The van der Waals surface area contributed by atoms with E-state index in [1.165, 1.54) is 29.3 Å². The molecule has 0 unspecified atom stereocenters. The van der Waals surface area contributed by atoms with Crippen molar-refractivity contribution in [2.45, 2.75) is 38.5 Å². The van der Waals surface area contributed by atoms with Gasteiger partial charge in [-0.1, -0.05) is 92.7 Å². The molecule has 0 saturated carbocycles. The van der Waals surface area contributed by atoms with Gasteiger partial charge >= 0.3 is 0 Å². The predicted molar refractivity (Wildman–Crippen MR) is 92.1 cm³/mol. The Hall–Kier alpha value is 0.660.